The van der Waals surface area contributed by atoms with Gasteiger partial charge in [0.1, 0.15) is 16.7 Å². The second-order valence-corrected chi connectivity index (χ2v) is 11.1. The third-order valence-electron chi connectivity index (χ3n) is 6.62. The summed E-state index contributed by atoms with van der Waals surface area (Å²) in [4.78, 5) is 16.9. The Balaban J connectivity index is 1.54. The molecule has 7 nitrogen and oxygen atoms in total. The number of anilines is 1. The maximum atomic E-state index is 13.7. The number of benzene rings is 3. The highest BCUT2D eigenvalue weighted by molar-refractivity contribution is 7.89. The number of hydrogen-bond donors (Lipinski definition) is 1. The third kappa shape index (κ3) is 6.90. The lowest BCUT2D eigenvalue weighted by molar-refractivity contribution is -0.137. The Morgan fingerprint density at radius 3 is 2.31 bits per heavy atom. The van der Waals surface area contributed by atoms with Gasteiger partial charge in [-0.2, -0.15) is 17.9 Å². The van der Waals surface area contributed by atoms with Crippen molar-refractivity contribution >= 4 is 21.6 Å². The first-order valence-corrected chi connectivity index (χ1v) is 13.9. The molecule has 0 unspecified atom stereocenters. The number of aryl methyl sites for hydroxylation is 1. The Kier molecular flexibility index (Phi) is 8.51. The molecule has 4 rings (SSSR count). The van der Waals surface area contributed by atoms with Crippen molar-refractivity contribution in [1.82, 2.24) is 9.62 Å². The number of sulfonamides is 1. The average molecular weight is 562 g/mol. The predicted octanol–water partition coefficient (Wildman–Crippen LogP) is 4.26. The molecule has 0 spiro atoms. The maximum Gasteiger partial charge on any atom is 0.416 e. The number of carbonyl (C=O) groups excluding carboxylic acids is 1. The zero-order valence-corrected chi connectivity index (χ0v) is 22.4. The van der Waals surface area contributed by atoms with Gasteiger partial charge in [0, 0.05) is 31.9 Å². The fourth-order valence-electron chi connectivity index (χ4n) is 4.56. The zero-order valence-electron chi connectivity index (χ0n) is 21.6. The molecule has 1 atom stereocenters. The molecule has 0 aromatic heterocycles. The Morgan fingerprint density at radius 1 is 0.974 bits per heavy atom. The van der Waals surface area contributed by atoms with Crippen molar-refractivity contribution in [1.29, 1.82) is 0 Å². The normalized spacial score (nSPS) is 15.2. The van der Waals surface area contributed by atoms with Crippen LogP contribution < -0.4 is 14.4 Å². The molecule has 0 saturated carbocycles. The number of hydrogen-bond acceptors (Lipinski definition) is 5. The maximum absolute atomic E-state index is 13.7. The molecule has 0 radical (unpaired) electrons. The summed E-state index contributed by atoms with van der Waals surface area (Å²) in [5.74, 6) is -0.244. The van der Waals surface area contributed by atoms with Gasteiger partial charge in [0.2, 0.25) is 15.9 Å². The smallest absolute Gasteiger partial charge is 0.416 e. The average Bonchev–Trinajstić information content (AvgIpc) is 2.92. The van der Waals surface area contributed by atoms with Crippen LogP contribution in [0.3, 0.4) is 0 Å². The van der Waals surface area contributed by atoms with Crippen molar-refractivity contribution in [3.63, 3.8) is 0 Å². The minimum absolute atomic E-state index is 0.0646. The largest absolute Gasteiger partial charge is 0.495 e. The number of rotatable bonds is 8. The molecule has 3 aromatic rings. The lowest BCUT2D eigenvalue weighted by Gasteiger charge is -2.38. The first-order chi connectivity index (χ1) is 18.5. The van der Waals surface area contributed by atoms with Crippen molar-refractivity contribution < 1.29 is 31.1 Å². The van der Waals surface area contributed by atoms with Gasteiger partial charge >= 0.3 is 6.18 Å². The van der Waals surface area contributed by atoms with E-state index in [9.17, 15) is 26.4 Å². The summed E-state index contributed by atoms with van der Waals surface area (Å²) in [5.41, 5.74) is 1.18. The highest BCUT2D eigenvalue weighted by atomic mass is 32.2. The topological polar surface area (TPSA) is 78.9 Å². The van der Waals surface area contributed by atoms with Crippen LogP contribution in [0.1, 0.15) is 16.7 Å². The Hall–Kier alpha value is -3.57. The van der Waals surface area contributed by atoms with E-state index in [0.717, 1.165) is 17.7 Å². The van der Waals surface area contributed by atoms with Crippen LogP contribution >= 0.6 is 0 Å². The SMILES string of the molecule is COc1ccc(C)cc1S(=O)(=O)N[C@@H](Cc1ccccc1)C(=O)N1CCN(c2cccc(C(F)(F)F)c2)CC1. The molecule has 11 heteroatoms. The molecule has 1 saturated heterocycles. The number of carbonyl (C=O) groups is 1. The Bertz CT molecular complexity index is 1410. The fourth-order valence-corrected chi connectivity index (χ4v) is 6.00. The van der Waals surface area contributed by atoms with Crippen molar-refractivity contribution in [3.05, 3.63) is 89.5 Å². The van der Waals surface area contributed by atoms with Crippen molar-refractivity contribution in [2.45, 2.75) is 30.5 Å². The second kappa shape index (κ2) is 11.7. The number of alkyl halides is 3. The van der Waals surface area contributed by atoms with E-state index in [2.05, 4.69) is 4.72 Å². The number of piperazine rings is 1. The monoisotopic (exact) mass is 561 g/mol. The van der Waals surface area contributed by atoms with E-state index in [1.807, 2.05) is 30.3 Å². The molecule has 1 N–H and O–H groups in total. The van der Waals surface area contributed by atoms with Crippen molar-refractivity contribution in [2.24, 2.45) is 0 Å². The molecule has 1 aliphatic heterocycles. The summed E-state index contributed by atoms with van der Waals surface area (Å²) in [6.45, 7) is 2.84. The molecule has 208 valence electrons. The minimum Gasteiger partial charge on any atom is -0.495 e. The quantitative estimate of drug-likeness (QED) is 0.445. The van der Waals surface area contributed by atoms with Crippen molar-refractivity contribution in [2.75, 3.05) is 38.2 Å². The molecule has 3 aromatic carbocycles. The predicted molar refractivity (Wildman–Crippen MR) is 142 cm³/mol. The summed E-state index contributed by atoms with van der Waals surface area (Å²) in [6.07, 6.45) is -4.32. The summed E-state index contributed by atoms with van der Waals surface area (Å²) < 4.78 is 74.2. The van der Waals surface area contributed by atoms with Crippen LogP contribution in [0.15, 0.2) is 77.7 Å². The molecular weight excluding hydrogens is 531 g/mol. The highest BCUT2D eigenvalue weighted by Gasteiger charge is 2.34. The summed E-state index contributed by atoms with van der Waals surface area (Å²) in [7, 11) is -2.77. The van der Waals surface area contributed by atoms with E-state index in [-0.39, 0.29) is 30.2 Å². The van der Waals surface area contributed by atoms with Crippen LogP contribution in [-0.4, -0.2) is 58.6 Å². The van der Waals surface area contributed by atoms with Gasteiger partial charge in [-0.1, -0.05) is 42.5 Å². The fraction of sp³-hybridized carbons (Fsp3) is 0.321. The van der Waals surface area contributed by atoms with E-state index < -0.39 is 33.7 Å². The van der Waals surface area contributed by atoms with Crippen molar-refractivity contribution in [3.8, 4) is 5.75 Å². The van der Waals surface area contributed by atoms with Crippen LogP contribution in [0, 0.1) is 6.92 Å². The van der Waals surface area contributed by atoms with E-state index in [1.54, 1.807) is 34.9 Å². The number of nitrogens with zero attached hydrogens (tertiary/aromatic N) is 2. The summed E-state index contributed by atoms with van der Waals surface area (Å²) in [5, 5.41) is 0. The molecule has 0 bridgehead atoms. The van der Waals surface area contributed by atoms with E-state index in [4.69, 9.17) is 4.74 Å². The molecule has 1 fully saturated rings. The summed E-state index contributed by atoms with van der Waals surface area (Å²) >= 11 is 0. The highest BCUT2D eigenvalue weighted by Crippen LogP contribution is 2.32. The molecular formula is C28H30F3N3O4S. The standard InChI is InChI=1S/C28H30F3N3O4S/c1-20-11-12-25(38-2)26(17-20)39(36,37)32-24(18-21-7-4-3-5-8-21)27(35)34-15-13-33(14-16-34)23-10-6-9-22(19-23)28(29,30)31/h3-12,17,19,24,32H,13-16,18H2,1-2H3/t24-/m0/s1. The van der Waals surface area contributed by atoms with Gasteiger partial charge in [-0.15, -0.1) is 0 Å². The number of nitrogens with one attached hydrogen (secondary N) is 1. The van der Waals surface area contributed by atoms with Crippen LogP contribution in [0.4, 0.5) is 18.9 Å². The van der Waals surface area contributed by atoms with Crippen LogP contribution in [0.5, 0.6) is 5.75 Å². The van der Waals surface area contributed by atoms with Gasteiger partial charge in [0.05, 0.1) is 12.7 Å². The lowest BCUT2D eigenvalue weighted by atomic mass is 10.1. The molecule has 39 heavy (non-hydrogen) atoms. The zero-order chi connectivity index (χ0) is 28.2. The van der Waals surface area contributed by atoms with Gasteiger partial charge in [-0.25, -0.2) is 8.42 Å². The van der Waals surface area contributed by atoms with Gasteiger partial charge in [0.15, 0.2) is 0 Å². The summed E-state index contributed by atoms with van der Waals surface area (Å²) in [6, 6.07) is 17.8. The minimum atomic E-state index is -4.45. The van der Waals surface area contributed by atoms with Gasteiger partial charge in [-0.3, -0.25) is 4.79 Å². The van der Waals surface area contributed by atoms with E-state index in [1.165, 1.54) is 19.2 Å². The van der Waals surface area contributed by atoms with Crippen LogP contribution in [0.25, 0.3) is 0 Å². The second-order valence-electron chi connectivity index (χ2n) is 9.38. The molecule has 1 aliphatic rings. The van der Waals surface area contributed by atoms with E-state index in [0.29, 0.717) is 24.3 Å². The van der Waals surface area contributed by atoms with Gasteiger partial charge in [0.25, 0.3) is 0 Å². The number of methoxy groups -OCH3 is 1. The number of ether oxygens (including phenoxy) is 1. The molecule has 0 aliphatic carbocycles. The number of amides is 1. The Morgan fingerprint density at radius 2 is 1.67 bits per heavy atom. The first-order valence-electron chi connectivity index (χ1n) is 12.4. The molecule has 1 amide bonds. The van der Waals surface area contributed by atoms with Crippen LogP contribution in [0.2, 0.25) is 0 Å². The first kappa shape index (κ1) is 28.4. The number of halogens is 3. The van der Waals surface area contributed by atoms with Gasteiger partial charge in [-0.05, 0) is 54.8 Å². The third-order valence-corrected chi connectivity index (χ3v) is 8.11. The van der Waals surface area contributed by atoms with E-state index >= 15 is 0 Å². The van der Waals surface area contributed by atoms with Gasteiger partial charge < -0.3 is 14.5 Å². The van der Waals surface area contributed by atoms with Crippen LogP contribution in [-0.2, 0) is 27.4 Å². The molecule has 1 heterocycles. The Labute approximate surface area is 226 Å². The lowest BCUT2D eigenvalue weighted by Crippen LogP contribution is -2.55.